The van der Waals surface area contributed by atoms with Crippen molar-refractivity contribution in [1.82, 2.24) is 19.8 Å². The van der Waals surface area contributed by atoms with Crippen molar-refractivity contribution in [3.05, 3.63) is 18.5 Å². The van der Waals surface area contributed by atoms with Crippen LogP contribution in [0.5, 0.6) is 0 Å². The highest BCUT2D eigenvalue weighted by Gasteiger charge is 2.19. The van der Waals surface area contributed by atoms with Gasteiger partial charge in [-0.25, -0.2) is 13.1 Å². The molecule has 1 rings (SSSR count). The van der Waals surface area contributed by atoms with Crippen molar-refractivity contribution in [3.63, 3.8) is 0 Å². The van der Waals surface area contributed by atoms with E-state index in [1.54, 1.807) is 17.8 Å². The summed E-state index contributed by atoms with van der Waals surface area (Å²) >= 11 is 0. The van der Waals surface area contributed by atoms with Crippen LogP contribution < -0.4 is 10.0 Å². The number of sulfonamides is 1. The molecule has 0 aliphatic rings. The molecule has 0 aromatic carbocycles. The molecule has 0 saturated heterocycles. The predicted molar refractivity (Wildman–Crippen MR) is 76.4 cm³/mol. The second-order valence-electron chi connectivity index (χ2n) is 4.94. The number of hydrogen-bond acceptors (Lipinski definition) is 4. The molecule has 1 heterocycles. The van der Waals surface area contributed by atoms with E-state index in [0.29, 0.717) is 19.6 Å². The van der Waals surface area contributed by atoms with Gasteiger partial charge in [-0.3, -0.25) is 4.68 Å². The number of nitrogens with zero attached hydrogens (tertiary/aromatic N) is 2. The molecule has 0 aliphatic heterocycles. The summed E-state index contributed by atoms with van der Waals surface area (Å²) in [6, 6.07) is 2.14. The van der Waals surface area contributed by atoms with Crippen LogP contribution in [0.25, 0.3) is 0 Å². The van der Waals surface area contributed by atoms with Crippen molar-refractivity contribution in [2.45, 2.75) is 45.0 Å². The van der Waals surface area contributed by atoms with E-state index < -0.39 is 15.3 Å². The average Bonchev–Trinajstić information content (AvgIpc) is 2.84. The minimum atomic E-state index is -3.24. The van der Waals surface area contributed by atoms with Crippen LogP contribution in [0.4, 0.5) is 0 Å². The molecule has 0 fully saturated rings. The standard InChI is InChI=1S/C12H24N4O2S/c1-11(2)13-10-12(3)19(17,18)15-7-5-9-16-8-4-6-14-16/h4,6,8,11-13,15H,5,7,9-10H2,1-3H3. The molecule has 110 valence electrons. The highest BCUT2D eigenvalue weighted by atomic mass is 32.2. The zero-order chi connectivity index (χ0) is 14.3. The second kappa shape index (κ2) is 7.62. The van der Waals surface area contributed by atoms with Gasteiger partial charge in [0.2, 0.25) is 10.0 Å². The number of nitrogens with one attached hydrogen (secondary N) is 2. The van der Waals surface area contributed by atoms with E-state index in [-0.39, 0.29) is 6.04 Å². The van der Waals surface area contributed by atoms with E-state index in [0.717, 1.165) is 6.42 Å². The lowest BCUT2D eigenvalue weighted by Gasteiger charge is -2.16. The average molecular weight is 288 g/mol. The van der Waals surface area contributed by atoms with Gasteiger partial charge in [-0.05, 0) is 19.4 Å². The summed E-state index contributed by atoms with van der Waals surface area (Å²) in [5, 5.41) is 6.76. The number of aromatic nitrogens is 2. The van der Waals surface area contributed by atoms with Crippen LogP contribution in [0.2, 0.25) is 0 Å². The maximum absolute atomic E-state index is 11.9. The molecule has 1 unspecified atom stereocenters. The van der Waals surface area contributed by atoms with Crippen LogP contribution in [-0.4, -0.2) is 42.6 Å². The molecule has 1 atom stereocenters. The third kappa shape index (κ3) is 6.17. The first kappa shape index (κ1) is 16.1. The van der Waals surface area contributed by atoms with Crippen molar-refractivity contribution < 1.29 is 8.42 Å². The normalized spacial score (nSPS) is 13.9. The van der Waals surface area contributed by atoms with Crippen LogP contribution in [0.1, 0.15) is 27.2 Å². The van der Waals surface area contributed by atoms with Gasteiger partial charge in [0.25, 0.3) is 0 Å². The fourth-order valence-electron chi connectivity index (χ4n) is 1.54. The van der Waals surface area contributed by atoms with Crippen molar-refractivity contribution >= 4 is 10.0 Å². The summed E-state index contributed by atoms with van der Waals surface area (Å²) in [6.45, 7) is 7.33. The Labute approximate surface area is 115 Å². The molecule has 6 nitrogen and oxygen atoms in total. The highest BCUT2D eigenvalue weighted by Crippen LogP contribution is 1.98. The van der Waals surface area contributed by atoms with Gasteiger partial charge in [-0.2, -0.15) is 5.10 Å². The first-order chi connectivity index (χ1) is 8.92. The fraction of sp³-hybridized carbons (Fsp3) is 0.750. The second-order valence-corrected chi connectivity index (χ2v) is 7.12. The van der Waals surface area contributed by atoms with Gasteiger partial charge >= 0.3 is 0 Å². The van der Waals surface area contributed by atoms with E-state index in [9.17, 15) is 8.42 Å². The SMILES string of the molecule is CC(C)NCC(C)S(=O)(=O)NCCCn1cccn1. The Morgan fingerprint density at radius 3 is 2.63 bits per heavy atom. The Kier molecular flexibility index (Phi) is 6.47. The highest BCUT2D eigenvalue weighted by molar-refractivity contribution is 7.90. The molecule has 7 heteroatoms. The lowest BCUT2D eigenvalue weighted by atomic mass is 10.3. The number of hydrogen-bond donors (Lipinski definition) is 2. The predicted octanol–water partition coefficient (Wildman–Crippen LogP) is 0.579. The van der Waals surface area contributed by atoms with Crippen LogP contribution in [-0.2, 0) is 16.6 Å². The Balaban J connectivity index is 2.26. The zero-order valence-corrected chi connectivity index (χ0v) is 12.7. The van der Waals surface area contributed by atoms with E-state index in [4.69, 9.17) is 0 Å². The molecule has 0 saturated carbocycles. The summed E-state index contributed by atoms with van der Waals surface area (Å²) < 4.78 is 28.3. The van der Waals surface area contributed by atoms with Gasteiger partial charge in [-0.15, -0.1) is 0 Å². The number of aryl methyl sites for hydroxylation is 1. The number of rotatable bonds is 9. The monoisotopic (exact) mass is 288 g/mol. The Hall–Kier alpha value is -0.920. The van der Waals surface area contributed by atoms with Crippen molar-refractivity contribution in [3.8, 4) is 0 Å². The topological polar surface area (TPSA) is 76.0 Å². The van der Waals surface area contributed by atoms with E-state index in [1.807, 2.05) is 26.1 Å². The summed E-state index contributed by atoms with van der Waals surface area (Å²) in [5.41, 5.74) is 0. The minimum absolute atomic E-state index is 0.289. The van der Waals surface area contributed by atoms with E-state index in [1.165, 1.54) is 0 Å². The van der Waals surface area contributed by atoms with Gasteiger partial charge in [0.15, 0.2) is 0 Å². The van der Waals surface area contributed by atoms with Crippen LogP contribution in [0, 0.1) is 0 Å². The molecular formula is C12H24N4O2S. The maximum Gasteiger partial charge on any atom is 0.215 e. The smallest absolute Gasteiger partial charge is 0.215 e. The molecule has 0 amide bonds. The van der Waals surface area contributed by atoms with Gasteiger partial charge in [0.1, 0.15) is 0 Å². The quantitative estimate of drug-likeness (QED) is 0.652. The summed E-state index contributed by atoms with van der Waals surface area (Å²) in [6.07, 6.45) is 4.30. The molecule has 2 N–H and O–H groups in total. The lowest BCUT2D eigenvalue weighted by molar-refractivity contribution is 0.530. The Morgan fingerprint density at radius 1 is 1.32 bits per heavy atom. The summed E-state index contributed by atoms with van der Waals surface area (Å²) in [5.74, 6) is 0. The minimum Gasteiger partial charge on any atom is -0.313 e. The first-order valence-corrected chi connectivity index (χ1v) is 8.15. The molecule has 0 spiro atoms. The Bertz CT molecular complexity index is 442. The van der Waals surface area contributed by atoms with Crippen LogP contribution in [0.3, 0.4) is 0 Å². The molecule has 1 aromatic rings. The molecule has 19 heavy (non-hydrogen) atoms. The van der Waals surface area contributed by atoms with Gasteiger partial charge in [0.05, 0.1) is 5.25 Å². The van der Waals surface area contributed by atoms with Gasteiger partial charge < -0.3 is 5.32 Å². The zero-order valence-electron chi connectivity index (χ0n) is 11.8. The molecular weight excluding hydrogens is 264 g/mol. The third-order valence-electron chi connectivity index (χ3n) is 2.77. The van der Waals surface area contributed by atoms with Gasteiger partial charge in [-0.1, -0.05) is 13.8 Å². The van der Waals surface area contributed by atoms with Crippen LogP contribution in [0.15, 0.2) is 18.5 Å². The summed E-state index contributed by atoms with van der Waals surface area (Å²) in [4.78, 5) is 0. The van der Waals surface area contributed by atoms with Gasteiger partial charge in [0, 0.05) is 38.1 Å². The first-order valence-electron chi connectivity index (χ1n) is 6.61. The molecule has 1 aromatic heterocycles. The van der Waals surface area contributed by atoms with Crippen molar-refractivity contribution in [2.75, 3.05) is 13.1 Å². The largest absolute Gasteiger partial charge is 0.313 e. The maximum atomic E-state index is 11.9. The fourth-order valence-corrected chi connectivity index (χ4v) is 2.57. The van der Waals surface area contributed by atoms with E-state index in [2.05, 4.69) is 15.1 Å². The lowest BCUT2D eigenvalue weighted by Crippen LogP contribution is -2.41. The molecule has 0 aliphatic carbocycles. The molecule has 0 bridgehead atoms. The van der Waals surface area contributed by atoms with Crippen LogP contribution >= 0.6 is 0 Å². The van der Waals surface area contributed by atoms with Crippen molar-refractivity contribution in [1.29, 1.82) is 0 Å². The summed E-state index contributed by atoms with van der Waals surface area (Å²) in [7, 11) is -3.24. The third-order valence-corrected chi connectivity index (χ3v) is 4.60. The Morgan fingerprint density at radius 2 is 2.05 bits per heavy atom. The van der Waals surface area contributed by atoms with Crippen molar-refractivity contribution in [2.24, 2.45) is 0 Å². The van der Waals surface area contributed by atoms with E-state index >= 15 is 0 Å². The molecule has 0 radical (unpaired) electrons.